The van der Waals surface area contributed by atoms with Gasteiger partial charge >= 0.3 is 0 Å². The summed E-state index contributed by atoms with van der Waals surface area (Å²) >= 11 is 10.0. The lowest BCUT2D eigenvalue weighted by Gasteiger charge is -2.26. The Balaban J connectivity index is 0.00000174. The summed E-state index contributed by atoms with van der Waals surface area (Å²) in [5, 5.41) is 20.8. The molecule has 3 aromatic rings. The Morgan fingerprint density at radius 1 is 0.288 bits per heavy atom. The van der Waals surface area contributed by atoms with Crippen LogP contribution in [0, 0.1) is 26.7 Å². The fraction of sp³-hybridized carbons (Fsp3) is 0.859. The molecule has 11 heteroatoms. The molecule has 1 aliphatic carbocycles. The summed E-state index contributed by atoms with van der Waals surface area (Å²) in [6.07, 6.45) is 122. The van der Waals surface area contributed by atoms with E-state index in [2.05, 4.69) is 176 Å². The quantitative estimate of drug-likeness (QED) is 0.0325. The van der Waals surface area contributed by atoms with Crippen molar-refractivity contribution >= 4 is 89.9 Å². The van der Waals surface area contributed by atoms with Crippen LogP contribution in [0.4, 0.5) is 0 Å². The van der Waals surface area contributed by atoms with Gasteiger partial charge in [-0.3, -0.25) is 0 Å². The van der Waals surface area contributed by atoms with Gasteiger partial charge < -0.3 is 14.7 Å². The number of rotatable bonds is 93. The summed E-state index contributed by atoms with van der Waals surface area (Å²) in [4.78, 5) is 2.41. The highest BCUT2D eigenvalue weighted by atomic mass is 33.1. The highest BCUT2D eigenvalue weighted by Gasteiger charge is 2.25. The highest BCUT2D eigenvalue weighted by molar-refractivity contribution is 8.76. The van der Waals surface area contributed by atoms with Crippen LogP contribution < -0.4 is 4.52 Å². The fourth-order valence-corrected chi connectivity index (χ4v) is 26.8. The third kappa shape index (κ3) is 91.5. The van der Waals surface area contributed by atoms with Gasteiger partial charge in [-0.1, -0.05) is 610 Å². The number of unbranched alkanes of at least 4 members (excludes halogenated alkanes) is 70. The van der Waals surface area contributed by atoms with Gasteiger partial charge in [-0.05, 0) is 170 Å². The molecule has 0 heterocycles. The lowest BCUT2D eigenvalue weighted by atomic mass is 9.86. The van der Waals surface area contributed by atoms with Crippen molar-refractivity contribution in [1.29, 1.82) is 0 Å². The molecule has 0 bridgehead atoms. The van der Waals surface area contributed by atoms with Crippen LogP contribution in [0.1, 0.15) is 649 Å². The van der Waals surface area contributed by atoms with Crippen molar-refractivity contribution in [3.8, 4) is 17.2 Å². The molecule has 1 atom stereocenters. The molecule has 1 saturated carbocycles. The molecule has 0 saturated heterocycles. The van der Waals surface area contributed by atoms with Crippen molar-refractivity contribution in [2.45, 2.75) is 662 Å². The summed E-state index contributed by atoms with van der Waals surface area (Å²) in [7, 11) is 6.63. The van der Waals surface area contributed by atoms with E-state index in [1.807, 2.05) is 48.3 Å². The minimum absolute atomic E-state index is 0.00562. The van der Waals surface area contributed by atoms with Gasteiger partial charge in [0.05, 0.1) is 9.47 Å². The Hall–Kier alpha value is -0.0600. The first-order valence-electron chi connectivity index (χ1n) is 61.1. The molecular formula is C128H241O3PS7. The second-order valence-electron chi connectivity index (χ2n) is 44.8. The van der Waals surface area contributed by atoms with Crippen LogP contribution in [0.5, 0.6) is 17.2 Å². The second-order valence-corrected chi connectivity index (χ2v) is 53.2. The second kappa shape index (κ2) is 106. The van der Waals surface area contributed by atoms with Crippen LogP contribution in [0.15, 0.2) is 46.2 Å². The maximum atomic E-state index is 10.4. The number of phenols is 2. The lowest BCUT2D eigenvalue weighted by Crippen LogP contribution is -2.13. The third-order valence-electron chi connectivity index (χ3n) is 28.8. The van der Waals surface area contributed by atoms with Gasteiger partial charge in [-0.2, -0.15) is 47.0 Å². The smallest absolute Gasteiger partial charge is 0.125 e. The van der Waals surface area contributed by atoms with E-state index in [4.69, 9.17) is 4.52 Å². The molecule has 1 unspecified atom stereocenters. The minimum Gasteiger partial charge on any atom is -0.508 e. The van der Waals surface area contributed by atoms with E-state index in [1.165, 1.54) is 588 Å². The number of thioether (sulfide) groups is 4. The highest BCUT2D eigenvalue weighted by Crippen LogP contribution is 2.45. The van der Waals surface area contributed by atoms with Crippen LogP contribution in [0.2, 0.25) is 0 Å². The number of aryl methyl sites for hydroxylation is 3. The van der Waals surface area contributed by atoms with Gasteiger partial charge in [-0.25, -0.2) is 0 Å². The SMILES string of the molecule is CCCCCCCCCCCCCCCCCCSC.CCCCCCCCCCCCCCCCCCSCCC1CCCCC1.CCCCCCCCCCCCCCCCCCSSCCCCCCCCCCCCCCCCCC.CCCCCCCCSCc1cc(C)c(O)c(CSCCCCCCCC)c1.Cc1cc(Sc2cc(C(C)(C)C)c(O)cc2C)c(C(C)(C)C)cc1OP. The van der Waals surface area contributed by atoms with E-state index < -0.39 is 0 Å². The normalized spacial score (nSPS) is 12.3. The maximum Gasteiger partial charge on any atom is 0.125 e. The van der Waals surface area contributed by atoms with Crippen molar-refractivity contribution < 1.29 is 14.7 Å². The summed E-state index contributed by atoms with van der Waals surface area (Å²) in [6, 6.07) is 12.8. The van der Waals surface area contributed by atoms with Crippen LogP contribution in [-0.2, 0) is 22.3 Å². The molecule has 0 aliphatic heterocycles. The molecule has 0 spiro atoms. The fourth-order valence-electron chi connectivity index (χ4n) is 19.3. The molecule has 818 valence electrons. The zero-order valence-electron chi connectivity index (χ0n) is 96.1. The lowest BCUT2D eigenvalue weighted by molar-refractivity contribution is 0.351. The number of hydrogen-bond acceptors (Lipinski definition) is 10. The van der Waals surface area contributed by atoms with E-state index in [9.17, 15) is 10.2 Å². The van der Waals surface area contributed by atoms with E-state index in [0.717, 1.165) is 51.0 Å². The molecule has 1 aliphatic rings. The Labute approximate surface area is 904 Å². The molecule has 0 amide bonds. The summed E-state index contributed by atoms with van der Waals surface area (Å²) in [5.74, 6) is 14.3. The van der Waals surface area contributed by atoms with Crippen molar-refractivity contribution in [3.05, 3.63) is 75.3 Å². The molecule has 0 aromatic heterocycles. The first-order chi connectivity index (χ1) is 67.8. The Morgan fingerprint density at radius 3 is 0.878 bits per heavy atom. The Kier molecular flexibility index (Phi) is 106. The van der Waals surface area contributed by atoms with E-state index in [-0.39, 0.29) is 10.8 Å². The Bertz CT molecular complexity index is 2940. The first kappa shape index (κ1) is 139. The van der Waals surface area contributed by atoms with Gasteiger partial charge in [-0.15, -0.1) is 0 Å². The first-order valence-corrected chi connectivity index (χ1v) is 69.7. The van der Waals surface area contributed by atoms with Gasteiger partial charge in [0.2, 0.25) is 0 Å². The van der Waals surface area contributed by atoms with Crippen molar-refractivity contribution in [3.63, 3.8) is 0 Å². The summed E-state index contributed by atoms with van der Waals surface area (Å²) < 4.78 is 5.46. The third-order valence-corrected chi connectivity index (χ3v) is 36.8. The molecule has 3 aromatic carbocycles. The standard InChI is InChI=1S/C36H74S2.C26H52S.C25H44OS2.C22H31O2PS.C19H40S/c1-3-5-7-9-11-13-15-17-19-21-23-25-27-29-31-33-35-37-38-36-34-32-30-28-26-24-22-20-18-16-14-12-10-8-6-4-2;1-2-3-4-5-6-7-8-9-10-11-12-13-14-15-16-20-24-27-25-23-26-21-18-17-19-22-26;1-4-6-8-10-12-14-16-27-20-23-18-22(3)25(26)24(19-23)21-28-17-15-13-11-9-7-5-2;1-13-10-20(16(22(6,7)8)11-18(13)24-25)26-19-12-15(21(3,4)5)17(23)9-14(19)2;1-3-4-5-6-7-8-9-10-11-12-13-14-15-16-17-18-19-20-2/h3-36H2,1-2H3;26H,2-25H2,1H3;18-19,26H,4-17,20-21H2,1-3H3;9-12,23H,25H2,1-8H3;3-19H2,1-2H3. The zero-order valence-corrected chi connectivity index (χ0v) is 103. The number of phenolic OH excluding ortho intramolecular Hbond substituents is 2. The number of aromatic hydroxyl groups is 2. The van der Waals surface area contributed by atoms with E-state index in [0.29, 0.717) is 11.5 Å². The molecule has 0 radical (unpaired) electrons. The average molecular weight is 2080 g/mol. The van der Waals surface area contributed by atoms with E-state index >= 15 is 0 Å². The Morgan fingerprint density at radius 2 is 0.576 bits per heavy atom. The molecule has 2 N–H and O–H groups in total. The minimum atomic E-state index is -0.104. The molecule has 1 fully saturated rings. The van der Waals surface area contributed by atoms with Crippen LogP contribution in [0.3, 0.4) is 0 Å². The van der Waals surface area contributed by atoms with Crippen LogP contribution in [0.25, 0.3) is 0 Å². The predicted octanol–water partition coefficient (Wildman–Crippen LogP) is 48.3. The number of benzene rings is 3. The molecule has 4 rings (SSSR count). The van der Waals surface area contributed by atoms with Gasteiger partial charge in [0.25, 0.3) is 0 Å². The van der Waals surface area contributed by atoms with Crippen molar-refractivity contribution in [2.75, 3.05) is 46.5 Å². The zero-order chi connectivity index (χ0) is 102. The molecular weight excluding hydrogens is 1840 g/mol. The summed E-state index contributed by atoms with van der Waals surface area (Å²) in [5.41, 5.74) is 7.88. The monoisotopic (exact) mass is 2080 g/mol. The largest absolute Gasteiger partial charge is 0.508 e. The van der Waals surface area contributed by atoms with Gasteiger partial charge in [0.1, 0.15) is 17.2 Å². The molecule has 3 nitrogen and oxygen atoms in total. The average Bonchev–Trinajstić information content (AvgIpc) is 0.784. The van der Waals surface area contributed by atoms with Crippen molar-refractivity contribution in [1.82, 2.24) is 0 Å². The van der Waals surface area contributed by atoms with Crippen molar-refractivity contribution in [2.24, 2.45) is 5.92 Å². The molecule has 139 heavy (non-hydrogen) atoms. The summed E-state index contributed by atoms with van der Waals surface area (Å²) in [6.45, 7) is 33.0. The predicted molar refractivity (Wildman–Crippen MR) is 658 cm³/mol. The van der Waals surface area contributed by atoms with Gasteiger partial charge in [0, 0.05) is 43.9 Å². The van der Waals surface area contributed by atoms with E-state index in [1.54, 1.807) is 11.8 Å². The maximum absolute atomic E-state index is 10.4. The van der Waals surface area contributed by atoms with Crippen LogP contribution >= 0.6 is 89.9 Å². The topological polar surface area (TPSA) is 49.7 Å². The number of hydrogen-bond donors (Lipinski definition) is 2. The van der Waals surface area contributed by atoms with Gasteiger partial charge in [0.15, 0.2) is 0 Å². The van der Waals surface area contributed by atoms with Crippen LogP contribution in [-0.4, -0.2) is 56.7 Å².